The number of hydrogen-bond acceptors (Lipinski definition) is 6. The minimum Gasteiger partial charge on any atom is -0.386 e. The molecule has 0 aliphatic carbocycles. The largest absolute Gasteiger partial charge is 0.386 e. The molecule has 7 nitrogen and oxygen atoms in total. The van der Waals surface area contributed by atoms with Crippen molar-refractivity contribution < 1.29 is 16.8 Å². The van der Waals surface area contributed by atoms with Crippen LogP contribution in [0.25, 0.3) is 0 Å². The van der Waals surface area contributed by atoms with Gasteiger partial charge in [-0.2, -0.15) is 0 Å². The van der Waals surface area contributed by atoms with Crippen LogP contribution in [0.5, 0.6) is 0 Å². The second kappa shape index (κ2) is 4.97. The van der Waals surface area contributed by atoms with Crippen LogP contribution in [0, 0.1) is 0 Å². The van der Waals surface area contributed by atoms with Crippen molar-refractivity contribution in [3.8, 4) is 0 Å². The van der Waals surface area contributed by atoms with E-state index in [1.165, 1.54) is 6.20 Å². The molecule has 2 rings (SSSR count). The number of pyridine rings is 1. The number of sulfone groups is 1. The number of nitrogens with one attached hydrogen (secondary N) is 2. The average molecular weight is 319 g/mol. The van der Waals surface area contributed by atoms with Crippen molar-refractivity contribution in [1.82, 2.24) is 9.71 Å². The van der Waals surface area contributed by atoms with Gasteiger partial charge in [0.15, 0.2) is 14.9 Å². The van der Waals surface area contributed by atoms with Crippen molar-refractivity contribution in [3.63, 3.8) is 0 Å². The Balaban J connectivity index is 2.33. The maximum absolute atomic E-state index is 12.4. The first kappa shape index (κ1) is 15.2. The van der Waals surface area contributed by atoms with Gasteiger partial charge in [-0.1, -0.05) is 0 Å². The fourth-order valence-electron chi connectivity index (χ4n) is 2.26. The van der Waals surface area contributed by atoms with Crippen LogP contribution in [0.1, 0.15) is 13.3 Å². The number of nitrogens with zero attached hydrogens (tertiary/aromatic N) is 1. The first-order valence-electron chi connectivity index (χ1n) is 6.05. The molecule has 0 saturated carbocycles. The Kier molecular flexibility index (Phi) is 3.78. The molecule has 20 heavy (non-hydrogen) atoms. The summed E-state index contributed by atoms with van der Waals surface area (Å²) in [5.74, 6) is -0.200. The van der Waals surface area contributed by atoms with Gasteiger partial charge in [-0.15, -0.1) is 0 Å². The molecule has 1 aliphatic rings. The van der Waals surface area contributed by atoms with Crippen molar-refractivity contribution in [2.75, 3.05) is 23.9 Å². The molecular weight excluding hydrogens is 302 g/mol. The van der Waals surface area contributed by atoms with Gasteiger partial charge in [0.1, 0.15) is 0 Å². The molecule has 2 N–H and O–H groups in total. The van der Waals surface area contributed by atoms with Crippen LogP contribution in [-0.4, -0.2) is 45.9 Å². The van der Waals surface area contributed by atoms with Gasteiger partial charge in [-0.05, 0) is 25.5 Å². The van der Waals surface area contributed by atoms with Crippen molar-refractivity contribution in [2.24, 2.45) is 0 Å². The van der Waals surface area contributed by atoms with E-state index < -0.39 is 25.4 Å². The van der Waals surface area contributed by atoms with Gasteiger partial charge >= 0.3 is 0 Å². The molecule has 1 atom stereocenters. The molecule has 1 aromatic rings. The molecular formula is C11H17N3O4S2. The van der Waals surface area contributed by atoms with Crippen LogP contribution >= 0.6 is 0 Å². The average Bonchev–Trinajstić information content (AvgIpc) is 2.62. The summed E-state index contributed by atoms with van der Waals surface area (Å²) in [6, 6.07) is 3.21. The third-order valence-electron chi connectivity index (χ3n) is 3.18. The van der Waals surface area contributed by atoms with E-state index in [9.17, 15) is 16.8 Å². The lowest BCUT2D eigenvalue weighted by Gasteiger charge is -2.23. The quantitative estimate of drug-likeness (QED) is 0.808. The molecule has 9 heteroatoms. The van der Waals surface area contributed by atoms with Crippen molar-refractivity contribution >= 4 is 25.5 Å². The van der Waals surface area contributed by atoms with Gasteiger partial charge in [0.2, 0.25) is 0 Å². The standard InChI is InChI=1S/C11H17N3O4S2/c1-11(5-7-19(15,16)8-11)14-20(17,18)10-9(12-2)4-3-6-13-10/h3-4,6,12,14H,5,7-8H2,1-2H3. The maximum atomic E-state index is 12.4. The first-order valence-corrected chi connectivity index (χ1v) is 9.35. The second-order valence-corrected chi connectivity index (χ2v) is 8.90. The normalized spacial score (nSPS) is 25.5. The van der Waals surface area contributed by atoms with Crippen LogP contribution in [0.4, 0.5) is 5.69 Å². The fraction of sp³-hybridized carbons (Fsp3) is 0.545. The first-order chi connectivity index (χ1) is 9.18. The second-order valence-electron chi connectivity index (χ2n) is 5.11. The Bertz CT molecular complexity index is 715. The van der Waals surface area contributed by atoms with Crippen LogP contribution in [-0.2, 0) is 19.9 Å². The molecule has 0 radical (unpaired) electrons. The number of anilines is 1. The molecule has 0 amide bonds. The van der Waals surface area contributed by atoms with Crippen molar-refractivity contribution in [2.45, 2.75) is 23.9 Å². The summed E-state index contributed by atoms with van der Waals surface area (Å²) in [5.41, 5.74) is -0.621. The van der Waals surface area contributed by atoms with Gasteiger partial charge in [-0.25, -0.2) is 26.5 Å². The molecule has 1 fully saturated rings. The highest BCUT2D eigenvalue weighted by atomic mass is 32.2. The smallest absolute Gasteiger partial charge is 0.260 e. The molecule has 1 saturated heterocycles. The summed E-state index contributed by atoms with van der Waals surface area (Å²) in [5, 5.41) is 2.62. The number of sulfonamides is 1. The molecule has 2 heterocycles. The van der Waals surface area contributed by atoms with E-state index in [1.807, 2.05) is 0 Å². The summed E-state index contributed by atoms with van der Waals surface area (Å²) in [4.78, 5) is 3.87. The van der Waals surface area contributed by atoms with Crippen LogP contribution in [0.3, 0.4) is 0 Å². The Morgan fingerprint density at radius 1 is 1.40 bits per heavy atom. The van der Waals surface area contributed by atoms with E-state index in [0.717, 1.165) is 0 Å². The number of aromatic nitrogens is 1. The minimum absolute atomic E-state index is 0.00682. The van der Waals surface area contributed by atoms with Gasteiger partial charge in [0.05, 0.1) is 17.2 Å². The topological polar surface area (TPSA) is 105 Å². The molecule has 1 aliphatic heterocycles. The van der Waals surface area contributed by atoms with E-state index >= 15 is 0 Å². The summed E-state index contributed by atoms with van der Waals surface area (Å²) in [7, 11) is -5.48. The Morgan fingerprint density at radius 3 is 2.65 bits per heavy atom. The van der Waals surface area contributed by atoms with Gasteiger partial charge in [-0.3, -0.25) is 0 Å². The Labute approximate surface area is 118 Å². The zero-order valence-electron chi connectivity index (χ0n) is 11.3. The van der Waals surface area contributed by atoms with Crippen LogP contribution in [0.2, 0.25) is 0 Å². The maximum Gasteiger partial charge on any atom is 0.260 e. The van der Waals surface area contributed by atoms with Crippen LogP contribution in [0.15, 0.2) is 23.4 Å². The van der Waals surface area contributed by atoms with E-state index in [2.05, 4.69) is 15.0 Å². The summed E-state index contributed by atoms with van der Waals surface area (Å²) in [6.45, 7) is 1.59. The summed E-state index contributed by atoms with van der Waals surface area (Å²) < 4.78 is 50.3. The SMILES string of the molecule is CNc1cccnc1S(=O)(=O)NC1(C)CCS(=O)(=O)C1. The van der Waals surface area contributed by atoms with E-state index in [1.54, 1.807) is 26.1 Å². The Hall–Kier alpha value is -1.19. The molecule has 0 spiro atoms. The van der Waals surface area contributed by atoms with E-state index in [4.69, 9.17) is 0 Å². The Morgan fingerprint density at radius 2 is 2.10 bits per heavy atom. The molecule has 0 aromatic carbocycles. The zero-order valence-corrected chi connectivity index (χ0v) is 12.9. The van der Waals surface area contributed by atoms with Crippen molar-refractivity contribution in [3.05, 3.63) is 18.3 Å². The third kappa shape index (κ3) is 3.10. The van der Waals surface area contributed by atoms with E-state index in [0.29, 0.717) is 5.69 Å². The monoisotopic (exact) mass is 319 g/mol. The summed E-state index contributed by atoms with van der Waals surface area (Å²) in [6.07, 6.45) is 1.64. The zero-order chi connectivity index (χ0) is 15.0. The molecule has 0 bridgehead atoms. The number of rotatable bonds is 4. The molecule has 1 unspecified atom stereocenters. The van der Waals surface area contributed by atoms with Gasteiger partial charge in [0.25, 0.3) is 10.0 Å². The predicted molar refractivity (Wildman–Crippen MR) is 75.8 cm³/mol. The fourth-order valence-corrected chi connectivity index (χ4v) is 6.02. The third-order valence-corrected chi connectivity index (χ3v) is 6.68. The lowest BCUT2D eigenvalue weighted by Crippen LogP contribution is -2.47. The predicted octanol–water partition coefficient (Wildman–Crippen LogP) is -0.0212. The lowest BCUT2D eigenvalue weighted by molar-refractivity contribution is 0.460. The summed E-state index contributed by atoms with van der Waals surface area (Å²) >= 11 is 0. The molecule has 112 valence electrons. The highest BCUT2D eigenvalue weighted by molar-refractivity contribution is 7.92. The van der Waals surface area contributed by atoms with Gasteiger partial charge in [0, 0.05) is 18.8 Å². The molecule has 1 aromatic heterocycles. The van der Waals surface area contributed by atoms with E-state index in [-0.39, 0.29) is 23.0 Å². The lowest BCUT2D eigenvalue weighted by atomic mass is 10.0. The minimum atomic E-state index is -3.88. The highest BCUT2D eigenvalue weighted by Crippen LogP contribution is 2.26. The highest BCUT2D eigenvalue weighted by Gasteiger charge is 2.42. The number of hydrogen-bond donors (Lipinski definition) is 2. The van der Waals surface area contributed by atoms with Crippen LogP contribution < -0.4 is 10.0 Å². The van der Waals surface area contributed by atoms with Crippen molar-refractivity contribution in [1.29, 1.82) is 0 Å². The van der Waals surface area contributed by atoms with Gasteiger partial charge < -0.3 is 5.32 Å².